The monoisotopic (exact) mass is 645 g/mol. The number of likely N-dealkylation sites (tertiary alicyclic amines) is 1. The van der Waals surface area contributed by atoms with E-state index in [9.17, 15) is 33.9 Å². The largest absolute Gasteiger partial charge is 0.391 e. The molecule has 1 aromatic carbocycles. The Labute approximate surface area is 268 Å². The first-order valence-corrected chi connectivity index (χ1v) is 15.9. The second kappa shape index (κ2) is 17.1. The van der Waals surface area contributed by atoms with E-state index in [1.165, 1.54) is 18.7 Å². The number of Topliss-reactive ketones (excluding diaryl/α,β-unsaturated/α-hetero) is 1. The van der Waals surface area contributed by atoms with Crippen LogP contribution in [0.15, 0.2) is 30.3 Å². The van der Waals surface area contributed by atoms with Gasteiger partial charge in [0, 0.05) is 38.8 Å². The number of amides is 5. The lowest BCUT2D eigenvalue weighted by atomic mass is 9.89. The lowest BCUT2D eigenvalue weighted by Crippen LogP contribution is -2.61. The van der Waals surface area contributed by atoms with Gasteiger partial charge in [-0.2, -0.15) is 0 Å². The number of alkyl halides is 1. The van der Waals surface area contributed by atoms with E-state index < -0.39 is 59.7 Å². The van der Waals surface area contributed by atoms with Gasteiger partial charge in [0.1, 0.15) is 18.0 Å². The summed E-state index contributed by atoms with van der Waals surface area (Å²) in [5, 5.41) is 18.2. The molecule has 1 aliphatic carbocycles. The number of hydrogen-bond donors (Lipinski definition) is 5. The fraction of sp³-hybridized carbons (Fsp3) is 0.562. The van der Waals surface area contributed by atoms with E-state index in [4.69, 9.17) is 17.3 Å². The van der Waals surface area contributed by atoms with Gasteiger partial charge in [-0.1, -0.05) is 30.3 Å². The Balaban J connectivity index is 1.82. The summed E-state index contributed by atoms with van der Waals surface area (Å²) in [6.45, 7) is 3.32. The molecule has 5 atom stereocenters. The predicted molar refractivity (Wildman–Crippen MR) is 169 cm³/mol. The third-order valence-corrected chi connectivity index (χ3v) is 8.53. The molecular weight excluding hydrogens is 602 g/mol. The number of hydrogen-bond acceptors (Lipinski definition) is 7. The zero-order valence-electron chi connectivity index (χ0n) is 25.9. The van der Waals surface area contributed by atoms with Crippen molar-refractivity contribution in [3.8, 4) is 0 Å². The second-order valence-electron chi connectivity index (χ2n) is 11.7. The second-order valence-corrected chi connectivity index (χ2v) is 12.0. The van der Waals surface area contributed by atoms with Crippen LogP contribution in [0.1, 0.15) is 69.9 Å². The molecule has 0 saturated carbocycles. The molecule has 1 saturated heterocycles. The summed E-state index contributed by atoms with van der Waals surface area (Å²) in [7, 11) is 0. The highest BCUT2D eigenvalue weighted by atomic mass is 35.5. The summed E-state index contributed by atoms with van der Waals surface area (Å²) in [4.78, 5) is 77.9. The van der Waals surface area contributed by atoms with E-state index in [2.05, 4.69) is 16.0 Å². The van der Waals surface area contributed by atoms with Gasteiger partial charge in [-0.05, 0) is 62.1 Å². The molecule has 5 amide bonds. The number of halogens is 1. The first-order valence-electron chi connectivity index (χ1n) is 15.4. The number of fused-ring (bicyclic) bond motifs is 1. The van der Waals surface area contributed by atoms with Crippen molar-refractivity contribution in [3.63, 3.8) is 0 Å². The lowest BCUT2D eigenvalue weighted by molar-refractivity contribution is -0.147. The molecule has 13 heteroatoms. The number of piperidine rings is 1. The first kappa shape index (κ1) is 35.7. The molecule has 1 aromatic rings. The maximum absolute atomic E-state index is 13.8. The number of primary amides is 1. The van der Waals surface area contributed by atoms with Crippen LogP contribution in [-0.4, -0.2) is 88.5 Å². The number of nitrogens with one attached hydrogen (secondary N) is 3. The number of aliphatic hydroxyl groups excluding tert-OH is 1. The van der Waals surface area contributed by atoms with Crippen LogP contribution in [0.2, 0.25) is 0 Å². The van der Waals surface area contributed by atoms with Crippen LogP contribution < -0.4 is 21.7 Å². The van der Waals surface area contributed by atoms with Gasteiger partial charge >= 0.3 is 0 Å². The van der Waals surface area contributed by atoms with Crippen molar-refractivity contribution in [1.82, 2.24) is 20.9 Å². The molecule has 1 fully saturated rings. The van der Waals surface area contributed by atoms with Crippen molar-refractivity contribution in [2.24, 2.45) is 11.7 Å². The fourth-order valence-electron chi connectivity index (χ4n) is 5.87. The van der Waals surface area contributed by atoms with Gasteiger partial charge in [-0.25, -0.2) is 0 Å². The SMILES string of the molecule is CC(=O)NCCC[C@H](CC(=O)[C@H](CC1=CCc2ccccc21)NC(=O)[C@@H]1CCCCN1C(=O)[C@@H](NC(=O)CCl)C(C)O)C(N)=O. The van der Waals surface area contributed by atoms with E-state index in [1.54, 1.807) is 0 Å². The Kier molecular flexibility index (Phi) is 13.5. The van der Waals surface area contributed by atoms with E-state index in [1.807, 2.05) is 30.3 Å². The number of carbonyl (C=O) groups excluding carboxylic acids is 6. The topological polar surface area (TPSA) is 188 Å². The van der Waals surface area contributed by atoms with Crippen molar-refractivity contribution < 1.29 is 33.9 Å². The number of aliphatic hydroxyl groups is 1. The lowest BCUT2D eigenvalue weighted by Gasteiger charge is -2.38. The number of allylic oxidation sites excluding steroid dienone is 1. The zero-order chi connectivity index (χ0) is 33.1. The normalized spacial score (nSPS) is 18.4. The van der Waals surface area contributed by atoms with Crippen LogP contribution in [0.5, 0.6) is 0 Å². The van der Waals surface area contributed by atoms with Crippen molar-refractivity contribution in [2.75, 3.05) is 19.0 Å². The van der Waals surface area contributed by atoms with Crippen molar-refractivity contribution in [1.29, 1.82) is 0 Å². The predicted octanol–water partition coefficient (Wildman–Crippen LogP) is 0.964. The molecule has 1 heterocycles. The standard InChI is InChI=1S/C32H44ClN5O7/c1-19(39)29(37-28(42)18-33)32(45)38-15-6-5-11-26(38)31(44)36-25(16-22-13-12-21-8-3-4-10-24(21)22)27(41)17-23(30(34)43)9-7-14-35-20(2)40/h3-4,8,10,13,19,23,25-26,29,39H,5-7,9,11-12,14-18H2,1-2H3,(H2,34,43)(H,35,40)(H,36,44)(H,37,42)/t19?,23-,25+,26+,29+/m1/s1. The maximum Gasteiger partial charge on any atom is 0.248 e. The summed E-state index contributed by atoms with van der Waals surface area (Å²) in [5.74, 6) is -4.20. The molecule has 6 N–H and O–H groups in total. The Morgan fingerprint density at radius 2 is 1.84 bits per heavy atom. The molecule has 12 nitrogen and oxygen atoms in total. The third kappa shape index (κ3) is 10.1. The van der Waals surface area contributed by atoms with E-state index in [0.717, 1.165) is 16.7 Å². The van der Waals surface area contributed by atoms with Crippen molar-refractivity contribution in [2.45, 2.75) is 89.4 Å². The Hall–Kier alpha value is -3.77. The van der Waals surface area contributed by atoms with Crippen molar-refractivity contribution >= 4 is 52.5 Å². The van der Waals surface area contributed by atoms with E-state index >= 15 is 0 Å². The average molecular weight is 646 g/mol. The highest BCUT2D eigenvalue weighted by Crippen LogP contribution is 2.31. The number of benzene rings is 1. The van der Waals surface area contributed by atoms with Crippen LogP contribution in [0, 0.1) is 5.92 Å². The summed E-state index contributed by atoms with van der Waals surface area (Å²) in [6, 6.07) is 4.55. The molecule has 246 valence electrons. The Bertz CT molecular complexity index is 1300. The van der Waals surface area contributed by atoms with Gasteiger partial charge in [0.05, 0.1) is 12.1 Å². The molecule has 0 aromatic heterocycles. The van der Waals surface area contributed by atoms with Crippen LogP contribution in [0.4, 0.5) is 0 Å². The minimum Gasteiger partial charge on any atom is -0.391 e. The van der Waals surface area contributed by atoms with Gasteiger partial charge in [0.25, 0.3) is 0 Å². The van der Waals surface area contributed by atoms with Gasteiger partial charge in [-0.3, -0.25) is 28.8 Å². The summed E-state index contributed by atoms with van der Waals surface area (Å²) < 4.78 is 0. The molecule has 0 bridgehead atoms. The summed E-state index contributed by atoms with van der Waals surface area (Å²) in [5.41, 5.74) is 8.61. The molecule has 1 aliphatic heterocycles. The third-order valence-electron chi connectivity index (χ3n) is 8.29. The quantitative estimate of drug-likeness (QED) is 0.131. The average Bonchev–Trinajstić information content (AvgIpc) is 3.42. The van der Waals surface area contributed by atoms with Gasteiger partial charge in [0.15, 0.2) is 5.78 Å². The minimum atomic E-state index is -1.30. The Morgan fingerprint density at radius 1 is 1.11 bits per heavy atom. The summed E-state index contributed by atoms with van der Waals surface area (Å²) in [6.07, 6.45) is 3.78. The van der Waals surface area contributed by atoms with Crippen LogP contribution in [0.25, 0.3) is 5.57 Å². The molecule has 45 heavy (non-hydrogen) atoms. The Morgan fingerprint density at radius 3 is 2.51 bits per heavy atom. The maximum atomic E-state index is 13.8. The molecule has 0 spiro atoms. The zero-order valence-corrected chi connectivity index (χ0v) is 26.6. The number of carbonyl (C=O) groups is 6. The van der Waals surface area contributed by atoms with Crippen LogP contribution >= 0.6 is 11.6 Å². The molecule has 1 unspecified atom stereocenters. The molecular formula is C32H44ClN5O7. The van der Waals surface area contributed by atoms with E-state index in [-0.39, 0.29) is 37.5 Å². The molecule has 3 rings (SSSR count). The molecule has 2 aliphatic rings. The minimum absolute atomic E-state index is 0.182. The van der Waals surface area contributed by atoms with Crippen LogP contribution in [-0.2, 0) is 35.2 Å². The van der Waals surface area contributed by atoms with Crippen molar-refractivity contribution in [3.05, 3.63) is 41.5 Å². The van der Waals surface area contributed by atoms with Crippen LogP contribution in [0.3, 0.4) is 0 Å². The highest BCUT2D eigenvalue weighted by molar-refractivity contribution is 6.27. The number of ketones is 1. The van der Waals surface area contributed by atoms with Gasteiger partial charge < -0.3 is 31.7 Å². The smallest absolute Gasteiger partial charge is 0.248 e. The number of rotatable bonds is 16. The number of nitrogens with two attached hydrogens (primary N) is 1. The van der Waals surface area contributed by atoms with E-state index in [0.29, 0.717) is 38.6 Å². The number of nitrogens with zero attached hydrogens (tertiary/aromatic N) is 1. The molecule has 0 radical (unpaired) electrons. The highest BCUT2D eigenvalue weighted by Gasteiger charge is 2.39. The summed E-state index contributed by atoms with van der Waals surface area (Å²) >= 11 is 5.60. The van der Waals surface area contributed by atoms with Gasteiger partial charge in [0.2, 0.25) is 29.5 Å². The first-order chi connectivity index (χ1) is 21.4. The fourth-order valence-corrected chi connectivity index (χ4v) is 5.95. The van der Waals surface area contributed by atoms with Gasteiger partial charge in [-0.15, -0.1) is 11.6 Å².